The van der Waals surface area contributed by atoms with Crippen molar-refractivity contribution in [3.63, 3.8) is 0 Å². The molecular weight excluding hydrogens is 384 g/mol. The molecule has 1 atom stereocenters. The third-order valence-corrected chi connectivity index (χ3v) is 7.90. The third kappa shape index (κ3) is 1.78. The van der Waals surface area contributed by atoms with E-state index in [0.717, 1.165) is 6.42 Å². The molecule has 0 aliphatic heterocycles. The van der Waals surface area contributed by atoms with Crippen molar-refractivity contribution >= 4 is 21.9 Å². The van der Waals surface area contributed by atoms with Crippen LogP contribution >= 0.6 is 0 Å². The van der Waals surface area contributed by atoms with Gasteiger partial charge >= 0.3 is 0 Å². The van der Waals surface area contributed by atoms with E-state index >= 15 is 0 Å². The summed E-state index contributed by atoms with van der Waals surface area (Å²) in [4.78, 5) is 0. The molecule has 0 saturated carbocycles. The van der Waals surface area contributed by atoms with Gasteiger partial charge in [0.05, 0.1) is 5.41 Å². The highest BCUT2D eigenvalue weighted by atomic mass is 14.6. The van der Waals surface area contributed by atoms with Crippen LogP contribution in [0.5, 0.6) is 0 Å². The number of hydrogen-bond acceptors (Lipinski definition) is 0. The van der Waals surface area contributed by atoms with E-state index in [1.807, 2.05) is 0 Å². The lowest BCUT2D eigenvalue weighted by Gasteiger charge is -2.33. The van der Waals surface area contributed by atoms with Gasteiger partial charge in [-0.1, -0.05) is 97.1 Å². The summed E-state index contributed by atoms with van der Waals surface area (Å²) in [7, 11) is 0. The molecule has 0 nitrogen and oxygen atoms in total. The molecule has 0 fully saturated rings. The summed E-state index contributed by atoms with van der Waals surface area (Å²) in [5, 5.41) is 2.63. The van der Waals surface area contributed by atoms with Crippen molar-refractivity contribution in [1.82, 2.24) is 0 Å². The topological polar surface area (TPSA) is 0 Å². The Morgan fingerprint density at radius 2 is 1.06 bits per heavy atom. The van der Waals surface area contributed by atoms with Gasteiger partial charge in [-0.3, -0.25) is 0 Å². The van der Waals surface area contributed by atoms with Gasteiger partial charge in [0.25, 0.3) is 0 Å². The molecule has 5 aromatic carbocycles. The molecule has 0 radical (unpaired) electrons. The van der Waals surface area contributed by atoms with Crippen LogP contribution in [0.1, 0.15) is 33.4 Å². The van der Waals surface area contributed by atoms with Gasteiger partial charge in [0.15, 0.2) is 0 Å². The van der Waals surface area contributed by atoms with E-state index in [-0.39, 0.29) is 5.41 Å². The molecule has 5 aromatic rings. The molecule has 3 aliphatic carbocycles. The average molecular weight is 405 g/mol. The Hall–Kier alpha value is -3.90. The summed E-state index contributed by atoms with van der Waals surface area (Å²) in [6.45, 7) is 0. The first-order chi connectivity index (χ1) is 15.9. The number of hydrogen-bond donors (Lipinski definition) is 0. The zero-order valence-corrected chi connectivity index (χ0v) is 17.6. The van der Waals surface area contributed by atoms with E-state index in [0.29, 0.717) is 0 Å². The largest absolute Gasteiger partial charge is 0.0728 e. The second-order valence-corrected chi connectivity index (χ2v) is 9.27. The Morgan fingerprint density at radius 1 is 0.469 bits per heavy atom. The smallest absolute Gasteiger partial charge is 0.0619 e. The fraction of sp³-hybridized carbons (Fsp3) is 0.0625. The average Bonchev–Trinajstić information content (AvgIpc) is 3.46. The van der Waals surface area contributed by atoms with Gasteiger partial charge in [-0.15, -0.1) is 0 Å². The standard InChI is InChI=1S/C32H20/c1-2-10-21-19-30-26(17-20(21)9-1)24-13-5-7-15-28(24)32(30)29-16-8-6-14-25(29)27-18-22-11-3-4-12-23(22)31(27)32/h1-17,19H,18H2. The molecule has 0 N–H and O–H groups in total. The van der Waals surface area contributed by atoms with Gasteiger partial charge in [-0.2, -0.15) is 0 Å². The van der Waals surface area contributed by atoms with Gasteiger partial charge in [-0.25, -0.2) is 0 Å². The Kier molecular flexibility index (Phi) is 2.96. The molecule has 0 bridgehead atoms. The first kappa shape index (κ1) is 16.8. The molecule has 32 heavy (non-hydrogen) atoms. The van der Waals surface area contributed by atoms with E-state index in [9.17, 15) is 0 Å². The fourth-order valence-electron chi connectivity index (χ4n) is 6.75. The zero-order chi connectivity index (χ0) is 20.9. The third-order valence-electron chi connectivity index (χ3n) is 7.90. The van der Waals surface area contributed by atoms with Gasteiger partial charge < -0.3 is 0 Å². The Bertz CT molecular complexity index is 1650. The highest BCUT2D eigenvalue weighted by Crippen LogP contribution is 2.66. The zero-order valence-electron chi connectivity index (χ0n) is 17.6. The lowest BCUT2D eigenvalue weighted by Crippen LogP contribution is -2.26. The van der Waals surface area contributed by atoms with E-state index in [1.165, 1.54) is 66.4 Å². The van der Waals surface area contributed by atoms with Crippen molar-refractivity contribution in [3.05, 3.63) is 143 Å². The maximum absolute atomic E-state index is 2.47. The molecule has 0 heteroatoms. The van der Waals surface area contributed by atoms with Crippen molar-refractivity contribution < 1.29 is 0 Å². The first-order valence-corrected chi connectivity index (χ1v) is 11.4. The van der Waals surface area contributed by atoms with Crippen molar-refractivity contribution in [2.45, 2.75) is 11.8 Å². The Labute approximate surface area is 187 Å². The van der Waals surface area contributed by atoms with Crippen molar-refractivity contribution in [3.8, 4) is 11.1 Å². The van der Waals surface area contributed by atoms with Crippen LogP contribution in [0.15, 0.2) is 109 Å². The molecule has 1 spiro atoms. The lowest BCUT2D eigenvalue weighted by molar-refractivity contribution is 0.843. The molecule has 0 saturated heterocycles. The summed E-state index contributed by atoms with van der Waals surface area (Å²) in [6.07, 6.45) is 1.02. The van der Waals surface area contributed by atoms with Crippen molar-refractivity contribution in [1.29, 1.82) is 0 Å². The van der Waals surface area contributed by atoms with Crippen LogP contribution in [0.25, 0.3) is 33.0 Å². The van der Waals surface area contributed by atoms with Crippen LogP contribution in [0.2, 0.25) is 0 Å². The summed E-state index contributed by atoms with van der Waals surface area (Å²) in [5.74, 6) is 0. The number of allylic oxidation sites excluding steroid dienone is 2. The summed E-state index contributed by atoms with van der Waals surface area (Å²) >= 11 is 0. The molecule has 0 aromatic heterocycles. The molecule has 3 aliphatic rings. The minimum absolute atomic E-state index is 0.242. The monoisotopic (exact) mass is 404 g/mol. The van der Waals surface area contributed by atoms with Gasteiger partial charge in [0.1, 0.15) is 0 Å². The predicted octanol–water partition coefficient (Wildman–Crippen LogP) is 7.64. The van der Waals surface area contributed by atoms with Gasteiger partial charge in [-0.05, 0) is 85.0 Å². The van der Waals surface area contributed by atoms with Gasteiger partial charge in [0.2, 0.25) is 0 Å². The second kappa shape index (κ2) is 5.66. The van der Waals surface area contributed by atoms with Crippen molar-refractivity contribution in [2.75, 3.05) is 0 Å². The summed E-state index contributed by atoms with van der Waals surface area (Å²) in [6, 6.07) is 40.9. The molecule has 1 unspecified atom stereocenters. The second-order valence-electron chi connectivity index (χ2n) is 9.27. The predicted molar refractivity (Wildman–Crippen MR) is 133 cm³/mol. The first-order valence-electron chi connectivity index (χ1n) is 11.4. The van der Waals surface area contributed by atoms with Crippen LogP contribution in [0.4, 0.5) is 0 Å². The molecule has 148 valence electrons. The summed E-state index contributed by atoms with van der Waals surface area (Å²) < 4.78 is 0. The minimum atomic E-state index is -0.242. The van der Waals surface area contributed by atoms with Crippen LogP contribution in [-0.4, -0.2) is 0 Å². The van der Waals surface area contributed by atoms with Crippen LogP contribution in [-0.2, 0) is 11.8 Å². The Morgan fingerprint density at radius 3 is 1.88 bits per heavy atom. The maximum Gasteiger partial charge on any atom is 0.0728 e. The number of fused-ring (bicyclic) bond motifs is 12. The highest BCUT2D eigenvalue weighted by Gasteiger charge is 2.54. The molecular formula is C32H20. The lowest BCUT2D eigenvalue weighted by atomic mass is 9.68. The fourth-order valence-corrected chi connectivity index (χ4v) is 6.75. The van der Waals surface area contributed by atoms with Crippen molar-refractivity contribution in [2.24, 2.45) is 0 Å². The highest BCUT2D eigenvalue weighted by molar-refractivity contribution is 6.13. The normalized spacial score (nSPS) is 19.1. The summed E-state index contributed by atoms with van der Waals surface area (Å²) in [5.41, 5.74) is 14.2. The van der Waals surface area contributed by atoms with E-state index < -0.39 is 0 Å². The Balaban J connectivity index is 1.60. The number of benzene rings is 5. The quantitative estimate of drug-likeness (QED) is 0.249. The number of rotatable bonds is 0. The minimum Gasteiger partial charge on any atom is -0.0619 e. The van der Waals surface area contributed by atoms with E-state index in [1.54, 1.807) is 0 Å². The van der Waals surface area contributed by atoms with E-state index in [4.69, 9.17) is 0 Å². The molecule has 8 rings (SSSR count). The van der Waals surface area contributed by atoms with Crippen LogP contribution in [0.3, 0.4) is 0 Å². The SMILES string of the molecule is c1ccc2c(c1)CC1=C2C2(c3ccccc31)c1ccccc1-c1cc3ccccc3cc12. The maximum atomic E-state index is 2.47. The van der Waals surface area contributed by atoms with E-state index in [2.05, 4.69) is 109 Å². The van der Waals surface area contributed by atoms with Crippen LogP contribution in [0, 0.1) is 0 Å². The van der Waals surface area contributed by atoms with Crippen LogP contribution < -0.4 is 0 Å². The molecule has 0 heterocycles. The molecule has 0 amide bonds. The van der Waals surface area contributed by atoms with Gasteiger partial charge in [0, 0.05) is 0 Å².